The van der Waals surface area contributed by atoms with Crippen LogP contribution in [0.15, 0.2) is 0 Å². The van der Waals surface area contributed by atoms with Crippen molar-refractivity contribution in [3.05, 3.63) is 0 Å². The molecule has 0 spiro atoms. The summed E-state index contributed by atoms with van der Waals surface area (Å²) in [5.41, 5.74) is 0. The van der Waals surface area contributed by atoms with Crippen molar-refractivity contribution >= 4 is 17.9 Å². The van der Waals surface area contributed by atoms with Gasteiger partial charge in [-0.05, 0) is 31.1 Å². The Bertz CT molecular complexity index is 962. The van der Waals surface area contributed by atoms with Crippen LogP contribution in [0.25, 0.3) is 0 Å². The smallest absolute Gasteiger partial charge is 0.306 e. The van der Waals surface area contributed by atoms with Crippen molar-refractivity contribution in [2.45, 2.75) is 323 Å². The van der Waals surface area contributed by atoms with E-state index in [0.717, 1.165) is 69.6 Å². The highest BCUT2D eigenvalue weighted by atomic mass is 16.6. The minimum Gasteiger partial charge on any atom is -0.462 e. The summed E-state index contributed by atoms with van der Waals surface area (Å²) < 4.78 is 16.9. The monoisotopic (exact) mass is 891 g/mol. The van der Waals surface area contributed by atoms with Gasteiger partial charge in [-0.1, -0.05) is 279 Å². The predicted octanol–water partition coefficient (Wildman–Crippen LogP) is 18.5. The van der Waals surface area contributed by atoms with Crippen molar-refractivity contribution < 1.29 is 28.6 Å². The third-order valence-electron chi connectivity index (χ3n) is 13.0. The molecule has 0 aliphatic heterocycles. The summed E-state index contributed by atoms with van der Waals surface area (Å²) in [5, 5.41) is 0. The van der Waals surface area contributed by atoms with Crippen LogP contribution in [0.3, 0.4) is 0 Å². The van der Waals surface area contributed by atoms with Crippen molar-refractivity contribution in [1.29, 1.82) is 0 Å². The molecule has 0 bridgehead atoms. The van der Waals surface area contributed by atoms with Gasteiger partial charge < -0.3 is 14.2 Å². The van der Waals surface area contributed by atoms with Crippen molar-refractivity contribution in [1.82, 2.24) is 0 Å². The van der Waals surface area contributed by atoms with Gasteiger partial charge in [0.25, 0.3) is 0 Å². The second-order valence-corrected chi connectivity index (χ2v) is 20.5. The summed E-state index contributed by atoms with van der Waals surface area (Å²) in [6.45, 7) is 11.4. The molecule has 0 rings (SSSR count). The largest absolute Gasteiger partial charge is 0.462 e. The van der Waals surface area contributed by atoms with E-state index in [2.05, 4.69) is 34.6 Å². The van der Waals surface area contributed by atoms with Gasteiger partial charge in [0.05, 0.1) is 0 Å². The van der Waals surface area contributed by atoms with E-state index < -0.39 is 6.10 Å². The normalized spacial score (nSPS) is 12.0. The summed E-state index contributed by atoms with van der Waals surface area (Å²) in [6.07, 6.45) is 52.3. The predicted molar refractivity (Wildman–Crippen MR) is 270 cm³/mol. The fourth-order valence-electron chi connectivity index (χ4n) is 8.70. The molecule has 0 saturated heterocycles. The number of carbonyl (C=O) groups excluding carboxylic acids is 3. The first-order chi connectivity index (χ1) is 30.7. The Hall–Kier alpha value is -1.59. The molecule has 0 saturated carbocycles. The van der Waals surface area contributed by atoms with Crippen LogP contribution in [0.1, 0.15) is 317 Å². The first-order valence-electron chi connectivity index (χ1n) is 28.2. The summed E-state index contributed by atoms with van der Waals surface area (Å²) in [6, 6.07) is 0. The Morgan fingerprint density at radius 2 is 0.524 bits per heavy atom. The molecule has 0 aromatic heterocycles. The first-order valence-corrected chi connectivity index (χ1v) is 28.2. The summed E-state index contributed by atoms with van der Waals surface area (Å²) >= 11 is 0. The molecular formula is C57H110O6. The molecule has 0 unspecified atom stereocenters. The second-order valence-electron chi connectivity index (χ2n) is 20.5. The van der Waals surface area contributed by atoms with Gasteiger partial charge in [0.15, 0.2) is 6.10 Å². The highest BCUT2D eigenvalue weighted by molar-refractivity contribution is 5.71. The quantitative estimate of drug-likeness (QED) is 0.0344. The zero-order valence-electron chi connectivity index (χ0n) is 43.2. The third kappa shape index (κ3) is 51.3. The molecule has 0 aromatic carbocycles. The van der Waals surface area contributed by atoms with Crippen LogP contribution in [-0.2, 0) is 28.6 Å². The Labute approximate surface area is 393 Å². The highest BCUT2D eigenvalue weighted by Gasteiger charge is 2.19. The number of unbranched alkanes of at least 4 members (excludes halogenated alkanes) is 36. The first kappa shape index (κ1) is 61.4. The number of carbonyl (C=O) groups is 3. The van der Waals surface area contributed by atoms with Crippen molar-refractivity contribution in [2.75, 3.05) is 13.2 Å². The minimum atomic E-state index is -0.762. The van der Waals surface area contributed by atoms with Crippen molar-refractivity contribution in [3.63, 3.8) is 0 Å². The average Bonchev–Trinajstić information content (AvgIpc) is 3.25. The van der Waals surface area contributed by atoms with Gasteiger partial charge in [-0.3, -0.25) is 14.4 Å². The average molecular weight is 892 g/mol. The van der Waals surface area contributed by atoms with Crippen LogP contribution in [0.4, 0.5) is 0 Å². The van der Waals surface area contributed by atoms with E-state index in [1.165, 1.54) is 205 Å². The lowest BCUT2D eigenvalue weighted by atomic mass is 10.0. The highest BCUT2D eigenvalue weighted by Crippen LogP contribution is 2.18. The van der Waals surface area contributed by atoms with Crippen molar-refractivity contribution in [2.24, 2.45) is 11.8 Å². The van der Waals surface area contributed by atoms with Gasteiger partial charge in [-0.25, -0.2) is 0 Å². The van der Waals surface area contributed by atoms with Crippen LogP contribution in [0.2, 0.25) is 0 Å². The van der Waals surface area contributed by atoms with Crippen LogP contribution in [0.5, 0.6) is 0 Å². The topological polar surface area (TPSA) is 78.9 Å². The molecule has 0 aliphatic carbocycles. The van der Waals surface area contributed by atoms with Gasteiger partial charge in [-0.2, -0.15) is 0 Å². The van der Waals surface area contributed by atoms with E-state index in [4.69, 9.17) is 14.2 Å². The van der Waals surface area contributed by atoms with Crippen LogP contribution >= 0.6 is 0 Å². The molecule has 0 N–H and O–H groups in total. The lowest BCUT2D eigenvalue weighted by Gasteiger charge is -2.18. The van der Waals surface area contributed by atoms with E-state index in [1.54, 1.807) is 0 Å². The fraction of sp³-hybridized carbons (Fsp3) is 0.947. The number of hydrogen-bond acceptors (Lipinski definition) is 6. The molecule has 0 aromatic rings. The number of ether oxygens (including phenoxy) is 3. The van der Waals surface area contributed by atoms with Crippen LogP contribution in [-0.4, -0.2) is 37.2 Å². The summed E-state index contributed by atoms with van der Waals surface area (Å²) in [5.74, 6) is 0.810. The van der Waals surface area contributed by atoms with E-state index in [1.807, 2.05) is 0 Å². The lowest BCUT2D eigenvalue weighted by Crippen LogP contribution is -2.30. The summed E-state index contributed by atoms with van der Waals surface area (Å²) in [7, 11) is 0. The van der Waals surface area contributed by atoms with Crippen LogP contribution in [0, 0.1) is 11.8 Å². The fourth-order valence-corrected chi connectivity index (χ4v) is 8.70. The maximum Gasteiger partial charge on any atom is 0.306 e. The summed E-state index contributed by atoms with van der Waals surface area (Å²) in [4.78, 5) is 38.1. The molecule has 374 valence electrons. The van der Waals surface area contributed by atoms with Crippen molar-refractivity contribution in [3.8, 4) is 0 Å². The van der Waals surface area contributed by atoms with E-state index in [0.29, 0.717) is 19.3 Å². The number of hydrogen-bond donors (Lipinski definition) is 0. The maximum absolute atomic E-state index is 12.8. The molecule has 6 nitrogen and oxygen atoms in total. The Morgan fingerprint density at radius 1 is 0.302 bits per heavy atom. The lowest BCUT2D eigenvalue weighted by molar-refractivity contribution is -0.167. The van der Waals surface area contributed by atoms with Gasteiger partial charge in [0, 0.05) is 19.3 Å². The SMILES string of the molecule is CCCCCCCCCCCCCCCCCCCC(=O)O[C@H](COC(=O)CCCCCCCCCCCCCCC(C)C)COC(=O)CCCCCCCCCCCCC(C)C. The van der Waals surface area contributed by atoms with E-state index >= 15 is 0 Å². The molecule has 0 fully saturated rings. The van der Waals surface area contributed by atoms with Gasteiger partial charge in [0.2, 0.25) is 0 Å². The maximum atomic E-state index is 12.8. The zero-order valence-corrected chi connectivity index (χ0v) is 43.2. The molecular weight excluding hydrogens is 781 g/mol. The van der Waals surface area contributed by atoms with E-state index in [9.17, 15) is 14.4 Å². The molecule has 6 heteroatoms. The second kappa shape index (κ2) is 49.8. The molecule has 0 amide bonds. The van der Waals surface area contributed by atoms with Gasteiger partial charge >= 0.3 is 17.9 Å². The van der Waals surface area contributed by atoms with E-state index in [-0.39, 0.29) is 31.1 Å². The molecule has 63 heavy (non-hydrogen) atoms. The molecule has 0 radical (unpaired) electrons. The van der Waals surface area contributed by atoms with Gasteiger partial charge in [-0.15, -0.1) is 0 Å². The Morgan fingerprint density at radius 3 is 0.778 bits per heavy atom. The minimum absolute atomic E-state index is 0.0631. The Kier molecular flexibility index (Phi) is 48.6. The molecule has 0 heterocycles. The van der Waals surface area contributed by atoms with Gasteiger partial charge in [0.1, 0.15) is 13.2 Å². The zero-order chi connectivity index (χ0) is 46.1. The number of rotatable bonds is 51. The van der Waals surface area contributed by atoms with Crippen LogP contribution < -0.4 is 0 Å². The Balaban J connectivity index is 4.30. The standard InChI is InChI=1S/C57H110O6/c1-6-7-8-9-10-11-12-13-14-15-16-17-22-29-34-39-44-49-57(60)63-54(51-62-56(59)48-43-38-33-28-24-23-26-31-36-41-46-53(4)5)50-61-55(58)47-42-37-32-27-21-19-18-20-25-30-35-40-45-52(2)3/h52-54H,6-51H2,1-5H3/t54-/m1/s1. The molecule has 1 atom stereocenters. The third-order valence-corrected chi connectivity index (χ3v) is 13.0. The molecule has 0 aliphatic rings. The number of esters is 3.